The Labute approximate surface area is 141 Å². The van der Waals surface area contributed by atoms with Gasteiger partial charge in [0.05, 0.1) is 12.6 Å². The first-order valence-electron chi connectivity index (χ1n) is 7.48. The summed E-state index contributed by atoms with van der Waals surface area (Å²) in [5.74, 6) is 2.74. The summed E-state index contributed by atoms with van der Waals surface area (Å²) in [5.41, 5.74) is 5.04. The molecule has 0 radical (unpaired) electrons. The number of carbonyl (C=O) groups excluding carboxylic acids is 1. The van der Waals surface area contributed by atoms with Crippen molar-refractivity contribution in [2.24, 2.45) is 0 Å². The molecule has 4 heteroatoms. The second-order valence-corrected chi connectivity index (χ2v) is 6.02. The second kappa shape index (κ2) is 6.97. The number of hydrogen-bond acceptors (Lipinski definition) is 3. The minimum atomic E-state index is -0.327. The van der Waals surface area contributed by atoms with Crippen LogP contribution in [0.1, 0.15) is 21.8 Å². The van der Waals surface area contributed by atoms with Gasteiger partial charge in [-0.05, 0) is 29.8 Å². The Kier molecular flexibility index (Phi) is 4.78. The van der Waals surface area contributed by atoms with E-state index in [0.29, 0.717) is 23.7 Å². The Morgan fingerprint density at radius 3 is 2.57 bits per heavy atom. The van der Waals surface area contributed by atoms with E-state index in [1.165, 1.54) is 0 Å². The summed E-state index contributed by atoms with van der Waals surface area (Å²) in [6.07, 6.45) is 5.41. The summed E-state index contributed by atoms with van der Waals surface area (Å²) in [4.78, 5) is 12.9. The molecule has 3 rings (SSSR count). The van der Waals surface area contributed by atoms with E-state index in [9.17, 15) is 4.79 Å². The van der Waals surface area contributed by atoms with Crippen molar-refractivity contribution in [2.75, 3.05) is 13.1 Å². The molecule has 1 heterocycles. The molecule has 0 bridgehead atoms. The highest BCUT2D eigenvalue weighted by Gasteiger charge is 2.38. The van der Waals surface area contributed by atoms with E-state index in [0.717, 1.165) is 5.56 Å². The normalized spacial score (nSPS) is 21.0. The lowest BCUT2D eigenvalue weighted by Crippen LogP contribution is -2.40. The van der Waals surface area contributed by atoms with Gasteiger partial charge in [0.1, 0.15) is 0 Å². The molecule has 2 aromatic rings. The molecule has 0 saturated carbocycles. The molecule has 23 heavy (non-hydrogen) atoms. The van der Waals surface area contributed by atoms with Crippen molar-refractivity contribution in [3.05, 3.63) is 70.7 Å². The number of Topliss-reactive ketones (excluding diaryl/α,β-unsaturated/α-hetero) is 1. The lowest BCUT2D eigenvalue weighted by molar-refractivity contribution is 0.0925. The van der Waals surface area contributed by atoms with E-state index >= 15 is 0 Å². The molecule has 1 fully saturated rings. The predicted molar refractivity (Wildman–Crippen MR) is 92.3 cm³/mol. The van der Waals surface area contributed by atoms with Gasteiger partial charge in [-0.1, -0.05) is 47.9 Å². The van der Waals surface area contributed by atoms with Crippen LogP contribution in [0.15, 0.2) is 54.6 Å². The van der Waals surface area contributed by atoms with E-state index in [1.54, 1.807) is 24.3 Å². The average Bonchev–Trinajstić information content (AvgIpc) is 3.00. The van der Waals surface area contributed by atoms with Gasteiger partial charge in [0.25, 0.3) is 0 Å². The van der Waals surface area contributed by atoms with Crippen molar-refractivity contribution >= 4 is 17.4 Å². The van der Waals surface area contributed by atoms with Crippen molar-refractivity contribution < 1.29 is 4.79 Å². The third-order valence-corrected chi connectivity index (χ3v) is 4.31. The fourth-order valence-corrected chi connectivity index (χ4v) is 3.06. The van der Waals surface area contributed by atoms with Gasteiger partial charge in [0.15, 0.2) is 5.78 Å². The fraction of sp³-hybridized carbons (Fsp3) is 0.211. The Bertz CT molecular complexity index is 721. The standard InChI is InChI=1S/C19H17ClN2O/c1-2-12-22-13-17(14-6-4-3-5-7-14)18(21-22)19(23)15-8-10-16(20)11-9-15/h1,3-11,17-18,21H,12-13H2. The molecule has 2 atom stereocenters. The zero-order valence-electron chi connectivity index (χ0n) is 12.6. The highest BCUT2D eigenvalue weighted by Crippen LogP contribution is 2.28. The van der Waals surface area contributed by atoms with Crippen molar-refractivity contribution in [1.82, 2.24) is 10.4 Å². The second-order valence-electron chi connectivity index (χ2n) is 5.58. The maximum absolute atomic E-state index is 12.9. The molecule has 2 aromatic carbocycles. The molecule has 1 N–H and O–H groups in total. The molecule has 1 aliphatic rings. The highest BCUT2D eigenvalue weighted by atomic mass is 35.5. The summed E-state index contributed by atoms with van der Waals surface area (Å²) in [5, 5.41) is 2.55. The third kappa shape index (κ3) is 3.46. The van der Waals surface area contributed by atoms with Gasteiger partial charge in [-0.25, -0.2) is 10.4 Å². The van der Waals surface area contributed by atoms with Crippen LogP contribution in [0.5, 0.6) is 0 Å². The van der Waals surface area contributed by atoms with Gasteiger partial charge in [-0.3, -0.25) is 4.79 Å². The largest absolute Gasteiger partial charge is 0.292 e. The lowest BCUT2D eigenvalue weighted by atomic mass is 9.88. The molecule has 3 nitrogen and oxygen atoms in total. The predicted octanol–water partition coefficient (Wildman–Crippen LogP) is 3.13. The lowest BCUT2D eigenvalue weighted by Gasteiger charge is -2.18. The number of hydrogen-bond donors (Lipinski definition) is 1. The van der Waals surface area contributed by atoms with E-state index < -0.39 is 0 Å². The first-order valence-corrected chi connectivity index (χ1v) is 7.86. The van der Waals surface area contributed by atoms with Crippen LogP contribution >= 0.6 is 11.6 Å². The molecule has 2 unspecified atom stereocenters. The molecule has 0 aromatic heterocycles. The van der Waals surface area contributed by atoms with Crippen molar-refractivity contribution in [3.8, 4) is 12.3 Å². The van der Waals surface area contributed by atoms with Crippen LogP contribution in [0.3, 0.4) is 0 Å². The molecule has 116 valence electrons. The topological polar surface area (TPSA) is 32.3 Å². The van der Waals surface area contributed by atoms with E-state index in [2.05, 4.69) is 11.3 Å². The number of ketones is 1. The van der Waals surface area contributed by atoms with Crippen LogP contribution in [-0.2, 0) is 0 Å². The van der Waals surface area contributed by atoms with Gasteiger partial charge < -0.3 is 0 Å². The van der Waals surface area contributed by atoms with Gasteiger partial charge in [-0.2, -0.15) is 0 Å². The minimum Gasteiger partial charge on any atom is -0.292 e. The SMILES string of the molecule is C#CCN1CC(c2ccccc2)C(C(=O)c2ccc(Cl)cc2)N1. The van der Waals surface area contributed by atoms with Gasteiger partial charge in [-0.15, -0.1) is 6.42 Å². The molecule has 1 aliphatic heterocycles. The maximum Gasteiger partial charge on any atom is 0.181 e. The number of carbonyl (C=O) groups is 1. The summed E-state index contributed by atoms with van der Waals surface area (Å²) < 4.78 is 0. The van der Waals surface area contributed by atoms with Crippen LogP contribution < -0.4 is 5.43 Å². The fourth-order valence-electron chi connectivity index (χ4n) is 2.94. The summed E-state index contributed by atoms with van der Waals surface area (Å²) in [7, 11) is 0. The molecule has 1 saturated heterocycles. The number of hydrazine groups is 1. The zero-order chi connectivity index (χ0) is 16.2. The molecule has 0 aliphatic carbocycles. The minimum absolute atomic E-state index is 0.0510. The van der Waals surface area contributed by atoms with E-state index in [-0.39, 0.29) is 17.7 Å². The Morgan fingerprint density at radius 2 is 1.91 bits per heavy atom. The smallest absolute Gasteiger partial charge is 0.181 e. The Hall–Kier alpha value is -2.12. The van der Waals surface area contributed by atoms with E-state index in [1.807, 2.05) is 35.3 Å². The van der Waals surface area contributed by atoms with E-state index in [4.69, 9.17) is 18.0 Å². The van der Waals surface area contributed by atoms with Gasteiger partial charge in [0.2, 0.25) is 0 Å². The van der Waals surface area contributed by atoms with Crippen molar-refractivity contribution in [3.63, 3.8) is 0 Å². The number of halogens is 1. The number of nitrogens with one attached hydrogen (secondary N) is 1. The number of terminal acetylenes is 1. The number of benzene rings is 2. The van der Waals surface area contributed by atoms with Crippen LogP contribution in [-0.4, -0.2) is 29.9 Å². The van der Waals surface area contributed by atoms with Crippen molar-refractivity contribution in [2.45, 2.75) is 12.0 Å². The molecular formula is C19H17ClN2O. The third-order valence-electron chi connectivity index (χ3n) is 4.06. The Balaban J connectivity index is 1.89. The van der Waals surface area contributed by atoms with Gasteiger partial charge >= 0.3 is 0 Å². The number of nitrogens with zero attached hydrogens (tertiary/aromatic N) is 1. The van der Waals surface area contributed by atoms with Gasteiger partial charge in [0, 0.05) is 23.0 Å². The Morgan fingerprint density at radius 1 is 1.22 bits per heavy atom. The molecular weight excluding hydrogens is 308 g/mol. The van der Waals surface area contributed by atoms with Crippen molar-refractivity contribution in [1.29, 1.82) is 0 Å². The summed E-state index contributed by atoms with van der Waals surface area (Å²) in [6, 6.07) is 16.7. The van der Waals surface area contributed by atoms with Crippen LogP contribution in [0.25, 0.3) is 0 Å². The summed E-state index contributed by atoms with van der Waals surface area (Å²) in [6.45, 7) is 1.17. The quantitative estimate of drug-likeness (QED) is 0.693. The average molecular weight is 325 g/mol. The van der Waals surface area contributed by atoms with Crippen LogP contribution in [0.4, 0.5) is 0 Å². The number of rotatable bonds is 4. The molecule has 0 spiro atoms. The van der Waals surface area contributed by atoms with Crippen LogP contribution in [0.2, 0.25) is 5.02 Å². The highest BCUT2D eigenvalue weighted by molar-refractivity contribution is 6.30. The first kappa shape index (κ1) is 15.8. The summed E-state index contributed by atoms with van der Waals surface area (Å²) >= 11 is 5.91. The zero-order valence-corrected chi connectivity index (χ0v) is 13.3. The molecule has 0 amide bonds. The first-order chi connectivity index (χ1) is 11.2. The maximum atomic E-state index is 12.9. The van der Waals surface area contributed by atoms with Crippen LogP contribution in [0, 0.1) is 12.3 Å². The monoisotopic (exact) mass is 324 g/mol.